The second-order valence-corrected chi connectivity index (χ2v) is 7.59. The van der Waals surface area contributed by atoms with Crippen LogP contribution in [0.3, 0.4) is 0 Å². The zero-order valence-corrected chi connectivity index (χ0v) is 15.9. The van der Waals surface area contributed by atoms with E-state index in [-0.39, 0.29) is 22.0 Å². The van der Waals surface area contributed by atoms with Crippen LogP contribution in [0.2, 0.25) is 0 Å². The molecule has 0 saturated carbocycles. The summed E-state index contributed by atoms with van der Waals surface area (Å²) < 4.78 is 0. The minimum Gasteiger partial charge on any atom is -0.397 e. The van der Waals surface area contributed by atoms with Gasteiger partial charge < -0.3 is 16.4 Å². The highest BCUT2D eigenvalue weighted by atomic mass is 32.1. The normalized spacial score (nSPS) is 14.3. The van der Waals surface area contributed by atoms with E-state index in [0.717, 1.165) is 11.3 Å². The lowest BCUT2D eigenvalue weighted by Gasteiger charge is -2.26. The van der Waals surface area contributed by atoms with Crippen LogP contribution in [0.5, 0.6) is 0 Å². The third kappa shape index (κ3) is 3.36. The van der Waals surface area contributed by atoms with Gasteiger partial charge in [0.2, 0.25) is 5.95 Å². The molecule has 1 aliphatic heterocycles. The van der Waals surface area contributed by atoms with Crippen LogP contribution >= 0.6 is 11.3 Å². The van der Waals surface area contributed by atoms with Gasteiger partial charge in [0.25, 0.3) is 11.6 Å². The first kappa shape index (κ1) is 18.7. The molecule has 1 aliphatic rings. The lowest BCUT2D eigenvalue weighted by molar-refractivity contribution is -0.384. The largest absolute Gasteiger partial charge is 0.397 e. The van der Waals surface area contributed by atoms with Gasteiger partial charge in [0.1, 0.15) is 15.5 Å². The van der Waals surface area contributed by atoms with Gasteiger partial charge in [0.15, 0.2) is 0 Å². The van der Waals surface area contributed by atoms with E-state index in [9.17, 15) is 19.7 Å². The fourth-order valence-electron chi connectivity index (χ4n) is 3.27. The van der Waals surface area contributed by atoms with E-state index < -0.39 is 10.8 Å². The summed E-state index contributed by atoms with van der Waals surface area (Å²) in [5, 5.41) is 11.6. The number of aromatic nitrogens is 2. The molecule has 4 rings (SSSR count). The SMILES string of the molecule is NC(=O)c1sc2nc(N3CCC(=O)CC3)nc(-c3cccc([N+](=O)[O-])c3)c2c1N. The first-order valence-corrected chi connectivity index (χ1v) is 9.58. The fraction of sp³-hybridized carbons (Fsp3) is 0.222. The number of rotatable bonds is 4. The van der Waals surface area contributed by atoms with Crippen molar-refractivity contribution < 1.29 is 14.5 Å². The molecule has 4 N–H and O–H groups in total. The zero-order chi connectivity index (χ0) is 20.7. The number of nitro benzene ring substituents is 1. The Morgan fingerprint density at radius 2 is 1.97 bits per heavy atom. The second-order valence-electron chi connectivity index (χ2n) is 6.59. The molecule has 1 aromatic carbocycles. The van der Waals surface area contributed by atoms with Crippen molar-refractivity contribution in [3.05, 3.63) is 39.3 Å². The number of fused-ring (bicyclic) bond motifs is 1. The number of nitro groups is 1. The number of ketones is 1. The molecule has 2 aromatic heterocycles. The zero-order valence-electron chi connectivity index (χ0n) is 15.1. The molecule has 0 aliphatic carbocycles. The number of nitrogens with zero attached hydrogens (tertiary/aromatic N) is 4. The predicted molar refractivity (Wildman–Crippen MR) is 109 cm³/mol. The molecule has 0 unspecified atom stereocenters. The van der Waals surface area contributed by atoms with E-state index in [2.05, 4.69) is 9.97 Å². The number of non-ortho nitro benzene ring substituents is 1. The molecule has 148 valence electrons. The Bertz CT molecular complexity index is 1160. The molecular weight excluding hydrogens is 396 g/mol. The summed E-state index contributed by atoms with van der Waals surface area (Å²) in [6, 6.07) is 6.01. The van der Waals surface area contributed by atoms with Gasteiger partial charge in [-0.25, -0.2) is 9.97 Å². The van der Waals surface area contributed by atoms with Gasteiger partial charge in [-0.15, -0.1) is 11.3 Å². The summed E-state index contributed by atoms with van der Waals surface area (Å²) in [4.78, 5) is 45.7. The maximum Gasteiger partial charge on any atom is 0.270 e. The van der Waals surface area contributed by atoms with Crippen LogP contribution in [0.1, 0.15) is 22.5 Å². The Balaban J connectivity index is 1.95. The Kier molecular flexibility index (Phi) is 4.59. The number of carbonyl (C=O) groups is 2. The number of piperidine rings is 1. The monoisotopic (exact) mass is 412 g/mol. The number of primary amides is 1. The minimum absolute atomic E-state index is 0.0942. The summed E-state index contributed by atoms with van der Waals surface area (Å²) in [6.45, 7) is 0.949. The van der Waals surface area contributed by atoms with Crippen molar-refractivity contribution >= 4 is 50.6 Å². The molecule has 3 heterocycles. The van der Waals surface area contributed by atoms with Crippen LogP contribution in [0.4, 0.5) is 17.3 Å². The Morgan fingerprint density at radius 1 is 1.24 bits per heavy atom. The lowest BCUT2D eigenvalue weighted by atomic mass is 10.1. The van der Waals surface area contributed by atoms with Gasteiger partial charge in [0, 0.05) is 43.6 Å². The molecule has 1 saturated heterocycles. The predicted octanol–water partition coefficient (Wildman–Crippen LogP) is 2.12. The average molecular weight is 412 g/mol. The van der Waals surface area contributed by atoms with Crippen molar-refractivity contribution in [3.8, 4) is 11.3 Å². The molecule has 11 heteroatoms. The number of thiophene rings is 1. The standard InChI is InChI=1S/C18H16N6O4S/c19-13-12-14(9-2-1-3-10(8-9)24(27)28)21-18(23-6-4-11(25)5-7-23)22-17(12)29-15(13)16(20)26/h1-3,8H,4-7,19H2,(H2,20,26). The number of amides is 1. The first-order chi connectivity index (χ1) is 13.8. The fourth-order valence-corrected chi connectivity index (χ4v) is 4.21. The number of benzene rings is 1. The maximum atomic E-state index is 11.8. The lowest BCUT2D eigenvalue weighted by Crippen LogP contribution is -2.35. The number of hydrogen-bond acceptors (Lipinski definition) is 9. The third-order valence-corrected chi connectivity index (χ3v) is 5.85. The van der Waals surface area contributed by atoms with Crippen LogP contribution in [-0.2, 0) is 4.79 Å². The molecule has 1 amide bonds. The van der Waals surface area contributed by atoms with Gasteiger partial charge in [-0.3, -0.25) is 19.7 Å². The smallest absolute Gasteiger partial charge is 0.270 e. The van der Waals surface area contributed by atoms with Crippen LogP contribution in [0.25, 0.3) is 21.5 Å². The number of hydrogen-bond donors (Lipinski definition) is 2. The van der Waals surface area contributed by atoms with Gasteiger partial charge in [-0.2, -0.15) is 0 Å². The van der Waals surface area contributed by atoms with Crippen molar-refractivity contribution in [2.24, 2.45) is 5.73 Å². The molecule has 3 aromatic rings. The van der Waals surface area contributed by atoms with Crippen LogP contribution in [-0.4, -0.2) is 39.7 Å². The van der Waals surface area contributed by atoms with E-state index in [1.54, 1.807) is 12.1 Å². The van der Waals surface area contributed by atoms with Gasteiger partial charge in [-0.1, -0.05) is 12.1 Å². The molecule has 0 spiro atoms. The quantitative estimate of drug-likeness (QED) is 0.487. The highest BCUT2D eigenvalue weighted by molar-refractivity contribution is 7.21. The molecule has 1 fully saturated rings. The van der Waals surface area contributed by atoms with Crippen molar-refractivity contribution in [2.75, 3.05) is 23.7 Å². The number of nitrogen functional groups attached to an aromatic ring is 1. The Hall–Kier alpha value is -3.60. The topological polar surface area (TPSA) is 158 Å². The minimum atomic E-state index is -0.680. The molecule has 10 nitrogen and oxygen atoms in total. The van der Waals surface area contributed by atoms with Crippen molar-refractivity contribution in [1.29, 1.82) is 0 Å². The van der Waals surface area contributed by atoms with Crippen LogP contribution in [0.15, 0.2) is 24.3 Å². The second kappa shape index (κ2) is 7.09. The van der Waals surface area contributed by atoms with E-state index in [1.165, 1.54) is 12.1 Å². The summed E-state index contributed by atoms with van der Waals surface area (Å²) in [5.74, 6) is -0.123. The van der Waals surface area contributed by atoms with E-state index >= 15 is 0 Å². The van der Waals surface area contributed by atoms with Crippen molar-refractivity contribution in [1.82, 2.24) is 9.97 Å². The van der Waals surface area contributed by atoms with Gasteiger partial charge in [-0.05, 0) is 0 Å². The summed E-state index contributed by atoms with van der Waals surface area (Å²) in [6.07, 6.45) is 0.791. The number of Topliss-reactive ketones (excluding diaryl/α,β-unsaturated/α-hetero) is 1. The third-order valence-electron chi connectivity index (χ3n) is 4.73. The average Bonchev–Trinajstić information content (AvgIpc) is 3.05. The van der Waals surface area contributed by atoms with Crippen LogP contribution < -0.4 is 16.4 Å². The molecular formula is C18H16N6O4S. The maximum absolute atomic E-state index is 11.8. The van der Waals surface area contributed by atoms with Crippen LogP contribution in [0, 0.1) is 10.1 Å². The summed E-state index contributed by atoms with van der Waals surface area (Å²) in [5.41, 5.74) is 12.5. The van der Waals surface area contributed by atoms with E-state index in [1.807, 2.05) is 4.90 Å². The van der Waals surface area contributed by atoms with Crippen molar-refractivity contribution in [2.45, 2.75) is 12.8 Å². The molecule has 0 bridgehead atoms. The van der Waals surface area contributed by atoms with Gasteiger partial charge >= 0.3 is 0 Å². The Morgan fingerprint density at radius 3 is 2.62 bits per heavy atom. The highest BCUT2D eigenvalue weighted by Gasteiger charge is 2.25. The number of carbonyl (C=O) groups excluding carboxylic acids is 2. The summed E-state index contributed by atoms with van der Waals surface area (Å²) in [7, 11) is 0. The van der Waals surface area contributed by atoms with E-state index in [0.29, 0.717) is 53.4 Å². The Labute approximate surface area is 168 Å². The van der Waals surface area contributed by atoms with Crippen molar-refractivity contribution in [3.63, 3.8) is 0 Å². The number of anilines is 2. The molecule has 29 heavy (non-hydrogen) atoms. The molecule has 0 atom stereocenters. The summed E-state index contributed by atoms with van der Waals surface area (Å²) >= 11 is 1.05. The highest BCUT2D eigenvalue weighted by Crippen LogP contribution is 2.40. The number of nitrogens with two attached hydrogens (primary N) is 2. The van der Waals surface area contributed by atoms with E-state index in [4.69, 9.17) is 11.5 Å². The first-order valence-electron chi connectivity index (χ1n) is 8.76. The molecule has 0 radical (unpaired) electrons. The van der Waals surface area contributed by atoms with Gasteiger partial charge in [0.05, 0.1) is 21.7 Å².